The Labute approximate surface area is 185 Å². The number of nitrogens with one attached hydrogen (secondary N) is 1. The molecule has 2 saturated heterocycles. The third-order valence-corrected chi connectivity index (χ3v) is 5.89. The van der Waals surface area contributed by atoms with Crippen LogP contribution in [-0.2, 0) is 16.1 Å². The molecule has 0 aromatic heterocycles. The fourth-order valence-electron chi connectivity index (χ4n) is 3.88. The van der Waals surface area contributed by atoms with Gasteiger partial charge in [-0.3, -0.25) is 14.5 Å². The number of hydrogen-bond acceptors (Lipinski definition) is 4. The first kappa shape index (κ1) is 23.1. The van der Waals surface area contributed by atoms with E-state index < -0.39 is 0 Å². The van der Waals surface area contributed by atoms with E-state index >= 15 is 0 Å². The third kappa shape index (κ3) is 7.24. The predicted molar refractivity (Wildman–Crippen MR) is 123 cm³/mol. The molecule has 0 bridgehead atoms. The van der Waals surface area contributed by atoms with Crippen LogP contribution >= 0.6 is 0 Å². The van der Waals surface area contributed by atoms with Crippen molar-refractivity contribution in [1.82, 2.24) is 24.9 Å². The number of carbonyl (C=O) groups excluding carboxylic acids is 2. The summed E-state index contributed by atoms with van der Waals surface area (Å²) in [4.78, 5) is 37.4. The van der Waals surface area contributed by atoms with E-state index in [1.54, 1.807) is 19.0 Å². The second-order valence-corrected chi connectivity index (χ2v) is 8.47. The maximum absolute atomic E-state index is 12.6. The molecule has 0 radical (unpaired) electrons. The van der Waals surface area contributed by atoms with Gasteiger partial charge < -0.3 is 20.0 Å². The van der Waals surface area contributed by atoms with Crippen molar-refractivity contribution in [3.8, 4) is 0 Å². The van der Waals surface area contributed by atoms with Crippen molar-refractivity contribution < 1.29 is 9.59 Å². The van der Waals surface area contributed by atoms with Crippen LogP contribution in [0.2, 0.25) is 0 Å². The molecular weight excluding hydrogens is 392 g/mol. The average Bonchev–Trinajstić information content (AvgIpc) is 2.80. The highest BCUT2D eigenvalue weighted by Gasteiger charge is 2.24. The summed E-state index contributed by atoms with van der Waals surface area (Å²) in [5.41, 5.74) is 1.13. The number of hydrogen-bond donors (Lipinski definition) is 1. The summed E-state index contributed by atoms with van der Waals surface area (Å²) in [5.74, 6) is 1.01. The zero-order chi connectivity index (χ0) is 22.1. The first-order chi connectivity index (χ1) is 15.0. The number of benzene rings is 1. The molecule has 0 spiro atoms. The number of carbonyl (C=O) groups is 2. The Bertz CT molecular complexity index is 738. The molecule has 0 unspecified atom stereocenters. The molecule has 8 heteroatoms. The van der Waals surface area contributed by atoms with Crippen LogP contribution in [0.4, 0.5) is 0 Å². The highest BCUT2D eigenvalue weighted by atomic mass is 16.2. The number of likely N-dealkylation sites (N-methyl/N-ethyl adjacent to an activating group) is 1. The molecule has 1 aromatic carbocycles. The predicted octanol–water partition coefficient (Wildman–Crippen LogP) is 0.851. The number of piperidine rings is 1. The normalized spacial score (nSPS) is 18.1. The molecular formula is C23H36N6O2. The molecule has 8 nitrogen and oxygen atoms in total. The van der Waals surface area contributed by atoms with Crippen LogP contribution in [0.3, 0.4) is 0 Å². The number of aliphatic imine (C=N–C) groups is 1. The van der Waals surface area contributed by atoms with Crippen LogP contribution in [0.25, 0.3) is 0 Å². The number of guanidine groups is 1. The van der Waals surface area contributed by atoms with Gasteiger partial charge in [0.15, 0.2) is 5.96 Å². The van der Waals surface area contributed by atoms with E-state index in [1.165, 1.54) is 6.42 Å². The molecule has 0 atom stereocenters. The molecule has 3 rings (SSSR count). The van der Waals surface area contributed by atoms with E-state index in [0.717, 1.165) is 63.6 Å². The van der Waals surface area contributed by atoms with Crippen molar-refractivity contribution in [1.29, 1.82) is 0 Å². The minimum Gasteiger partial charge on any atom is -0.347 e. The topological polar surface area (TPSA) is 71.5 Å². The van der Waals surface area contributed by atoms with E-state index in [-0.39, 0.29) is 18.4 Å². The Morgan fingerprint density at radius 3 is 2.26 bits per heavy atom. The molecule has 2 fully saturated rings. The van der Waals surface area contributed by atoms with E-state index in [4.69, 9.17) is 4.99 Å². The number of amides is 2. The summed E-state index contributed by atoms with van der Waals surface area (Å²) >= 11 is 0. The Hall–Kier alpha value is -2.61. The van der Waals surface area contributed by atoms with Gasteiger partial charge in [0, 0.05) is 53.4 Å². The van der Waals surface area contributed by atoms with Crippen molar-refractivity contribution in [2.24, 2.45) is 4.99 Å². The van der Waals surface area contributed by atoms with Gasteiger partial charge in [-0.15, -0.1) is 0 Å². The van der Waals surface area contributed by atoms with Crippen molar-refractivity contribution in [3.05, 3.63) is 35.9 Å². The van der Waals surface area contributed by atoms with Gasteiger partial charge in [-0.25, -0.2) is 4.99 Å². The molecule has 2 heterocycles. The largest absolute Gasteiger partial charge is 0.347 e. The average molecular weight is 429 g/mol. The Balaban J connectivity index is 1.55. The Kier molecular flexibility index (Phi) is 8.70. The van der Waals surface area contributed by atoms with Gasteiger partial charge >= 0.3 is 0 Å². The first-order valence-electron chi connectivity index (χ1n) is 11.3. The van der Waals surface area contributed by atoms with Crippen molar-refractivity contribution in [3.63, 3.8) is 0 Å². The summed E-state index contributed by atoms with van der Waals surface area (Å²) < 4.78 is 0. The van der Waals surface area contributed by atoms with Crippen LogP contribution in [-0.4, -0.2) is 104 Å². The van der Waals surface area contributed by atoms with Crippen molar-refractivity contribution in [2.75, 3.05) is 66.5 Å². The van der Waals surface area contributed by atoms with Crippen LogP contribution in [0.15, 0.2) is 35.3 Å². The smallest absolute Gasteiger partial charge is 0.241 e. The van der Waals surface area contributed by atoms with E-state index in [1.807, 2.05) is 23.1 Å². The highest BCUT2D eigenvalue weighted by Crippen LogP contribution is 2.10. The minimum absolute atomic E-state index is 0.0122. The van der Waals surface area contributed by atoms with Crippen molar-refractivity contribution in [2.45, 2.75) is 25.8 Å². The second-order valence-electron chi connectivity index (χ2n) is 8.47. The fraction of sp³-hybridized carbons (Fsp3) is 0.609. The van der Waals surface area contributed by atoms with Gasteiger partial charge in [0.05, 0.1) is 19.6 Å². The quantitative estimate of drug-likeness (QED) is 0.537. The molecule has 0 aliphatic carbocycles. The summed E-state index contributed by atoms with van der Waals surface area (Å²) in [6.07, 6.45) is 3.48. The molecule has 170 valence electrons. The van der Waals surface area contributed by atoms with Gasteiger partial charge in [0.1, 0.15) is 0 Å². The van der Waals surface area contributed by atoms with Gasteiger partial charge in [-0.1, -0.05) is 30.3 Å². The molecule has 2 aliphatic heterocycles. The zero-order valence-corrected chi connectivity index (χ0v) is 18.9. The SMILES string of the molecule is CN(C)C(=O)CNC(=NCc1ccccc1)N1CCN(CC(=O)N2CCCCC2)CC1. The van der Waals surface area contributed by atoms with Crippen LogP contribution in [0, 0.1) is 0 Å². The molecule has 0 saturated carbocycles. The van der Waals surface area contributed by atoms with Crippen LogP contribution in [0.1, 0.15) is 24.8 Å². The summed E-state index contributed by atoms with van der Waals surface area (Å²) in [7, 11) is 3.51. The van der Waals surface area contributed by atoms with E-state index in [0.29, 0.717) is 13.1 Å². The van der Waals surface area contributed by atoms with Gasteiger partial charge in [0.2, 0.25) is 11.8 Å². The summed E-state index contributed by atoms with van der Waals surface area (Å²) in [6.45, 7) is 6.27. The van der Waals surface area contributed by atoms with Crippen molar-refractivity contribution >= 4 is 17.8 Å². The monoisotopic (exact) mass is 428 g/mol. The van der Waals surface area contributed by atoms with Gasteiger partial charge in [-0.2, -0.15) is 0 Å². The lowest BCUT2D eigenvalue weighted by molar-refractivity contribution is -0.133. The zero-order valence-electron chi connectivity index (χ0n) is 18.9. The number of nitrogens with zero attached hydrogens (tertiary/aromatic N) is 5. The molecule has 31 heavy (non-hydrogen) atoms. The number of rotatable bonds is 6. The first-order valence-corrected chi connectivity index (χ1v) is 11.3. The van der Waals surface area contributed by atoms with Crippen LogP contribution < -0.4 is 5.32 Å². The maximum atomic E-state index is 12.6. The minimum atomic E-state index is 0.0122. The lowest BCUT2D eigenvalue weighted by atomic mass is 10.1. The third-order valence-electron chi connectivity index (χ3n) is 5.89. The molecule has 2 aliphatic rings. The fourth-order valence-corrected chi connectivity index (χ4v) is 3.88. The Morgan fingerprint density at radius 2 is 1.61 bits per heavy atom. The second kappa shape index (κ2) is 11.7. The summed E-state index contributed by atoms with van der Waals surface area (Å²) in [5, 5.41) is 3.24. The lowest BCUT2D eigenvalue weighted by Crippen LogP contribution is -2.55. The van der Waals surface area contributed by atoms with E-state index in [9.17, 15) is 9.59 Å². The standard InChI is InChI=1S/C23H36N6O2/c1-26(2)21(30)18-25-23(24-17-20-9-5-3-6-10-20)29-15-13-27(14-16-29)19-22(31)28-11-7-4-8-12-28/h3,5-6,9-10H,4,7-8,11-19H2,1-2H3,(H,24,25). The number of likely N-dealkylation sites (tertiary alicyclic amines) is 1. The van der Waals surface area contributed by atoms with Gasteiger partial charge in [-0.05, 0) is 24.8 Å². The lowest BCUT2D eigenvalue weighted by Gasteiger charge is -2.37. The Morgan fingerprint density at radius 1 is 0.935 bits per heavy atom. The van der Waals surface area contributed by atoms with Crippen LogP contribution in [0.5, 0.6) is 0 Å². The maximum Gasteiger partial charge on any atom is 0.241 e. The molecule has 1 aromatic rings. The highest BCUT2D eigenvalue weighted by molar-refractivity contribution is 5.86. The summed E-state index contributed by atoms with van der Waals surface area (Å²) in [6, 6.07) is 10.1. The molecule has 1 N–H and O–H groups in total. The van der Waals surface area contributed by atoms with Gasteiger partial charge in [0.25, 0.3) is 0 Å². The van der Waals surface area contributed by atoms with E-state index in [2.05, 4.69) is 27.2 Å². The number of piperazine rings is 1. The molecule has 2 amide bonds.